The summed E-state index contributed by atoms with van der Waals surface area (Å²) in [7, 11) is 0. The molecule has 0 aliphatic heterocycles. The monoisotopic (exact) mass is 298 g/mol. The van der Waals surface area contributed by atoms with Crippen LogP contribution in [-0.4, -0.2) is 29.6 Å². The van der Waals surface area contributed by atoms with Gasteiger partial charge in [-0.05, 0) is 37.5 Å². The standard InChI is InChI=1S/C14H19ClN2O3/c1-3-10(7-8-18)16-13(19)14(20)17-12-6-4-5-11(15)9(12)2/h4-6,10,18H,3,7-8H2,1-2H3,(H,16,19)(H,17,20). The second kappa shape index (κ2) is 7.87. The highest BCUT2D eigenvalue weighted by atomic mass is 35.5. The van der Waals surface area contributed by atoms with Crippen LogP contribution in [0.2, 0.25) is 5.02 Å². The minimum atomic E-state index is -0.744. The first-order chi connectivity index (χ1) is 9.49. The summed E-state index contributed by atoms with van der Waals surface area (Å²) in [5.41, 5.74) is 1.21. The van der Waals surface area contributed by atoms with Gasteiger partial charge in [-0.25, -0.2) is 0 Å². The number of anilines is 1. The Morgan fingerprint density at radius 1 is 1.35 bits per heavy atom. The van der Waals surface area contributed by atoms with E-state index in [-0.39, 0.29) is 12.6 Å². The lowest BCUT2D eigenvalue weighted by Crippen LogP contribution is -2.42. The molecule has 2 amide bonds. The van der Waals surface area contributed by atoms with E-state index in [0.29, 0.717) is 29.1 Å². The SMILES string of the molecule is CCC(CCO)NC(=O)C(=O)Nc1cccc(Cl)c1C. The van der Waals surface area contributed by atoms with Crippen molar-refractivity contribution in [1.29, 1.82) is 0 Å². The molecule has 3 N–H and O–H groups in total. The number of rotatable bonds is 5. The van der Waals surface area contributed by atoms with E-state index in [0.717, 1.165) is 0 Å². The van der Waals surface area contributed by atoms with Crippen LogP contribution in [0.4, 0.5) is 5.69 Å². The summed E-state index contributed by atoms with van der Waals surface area (Å²) in [6.45, 7) is 3.60. The lowest BCUT2D eigenvalue weighted by atomic mass is 10.1. The third-order valence-electron chi connectivity index (χ3n) is 3.03. The maximum Gasteiger partial charge on any atom is 0.313 e. The lowest BCUT2D eigenvalue weighted by Gasteiger charge is -2.15. The summed E-state index contributed by atoms with van der Waals surface area (Å²) < 4.78 is 0. The predicted molar refractivity (Wildman–Crippen MR) is 78.7 cm³/mol. The molecule has 0 heterocycles. The van der Waals surface area contributed by atoms with Crippen molar-refractivity contribution in [2.24, 2.45) is 0 Å². The highest BCUT2D eigenvalue weighted by molar-refractivity contribution is 6.40. The first kappa shape index (κ1) is 16.5. The molecule has 0 fully saturated rings. The van der Waals surface area contributed by atoms with Crippen LogP contribution in [-0.2, 0) is 9.59 Å². The number of amides is 2. The molecule has 5 nitrogen and oxygen atoms in total. The number of halogens is 1. The van der Waals surface area contributed by atoms with Crippen LogP contribution in [0.3, 0.4) is 0 Å². The van der Waals surface area contributed by atoms with Crippen molar-refractivity contribution >= 4 is 29.1 Å². The predicted octanol–water partition coefficient (Wildman–Crippen LogP) is 1.86. The zero-order valence-electron chi connectivity index (χ0n) is 11.6. The molecule has 1 aromatic carbocycles. The Morgan fingerprint density at radius 3 is 2.65 bits per heavy atom. The van der Waals surface area contributed by atoms with E-state index in [1.807, 2.05) is 6.92 Å². The van der Waals surface area contributed by atoms with E-state index in [2.05, 4.69) is 10.6 Å². The van der Waals surface area contributed by atoms with Crippen LogP contribution in [0.15, 0.2) is 18.2 Å². The molecule has 0 aliphatic rings. The Hall–Kier alpha value is -1.59. The van der Waals surface area contributed by atoms with Crippen molar-refractivity contribution in [3.8, 4) is 0 Å². The average Bonchev–Trinajstić information content (AvgIpc) is 2.43. The molecule has 0 bridgehead atoms. The molecule has 0 spiro atoms. The fourth-order valence-electron chi connectivity index (χ4n) is 1.71. The summed E-state index contributed by atoms with van der Waals surface area (Å²) in [5, 5.41) is 14.5. The summed E-state index contributed by atoms with van der Waals surface area (Å²) in [6.07, 6.45) is 1.07. The molecule has 110 valence electrons. The van der Waals surface area contributed by atoms with Gasteiger partial charge in [0, 0.05) is 23.4 Å². The molecule has 1 aromatic rings. The molecule has 1 unspecified atom stereocenters. The van der Waals surface area contributed by atoms with Crippen LogP contribution in [0, 0.1) is 6.92 Å². The van der Waals surface area contributed by atoms with Crippen molar-refractivity contribution in [1.82, 2.24) is 5.32 Å². The molecule has 6 heteroatoms. The molecule has 0 saturated heterocycles. The molecule has 1 rings (SSSR count). The van der Waals surface area contributed by atoms with Gasteiger partial charge >= 0.3 is 11.8 Å². The Bertz CT molecular complexity index is 491. The van der Waals surface area contributed by atoms with Gasteiger partial charge in [-0.15, -0.1) is 0 Å². The van der Waals surface area contributed by atoms with E-state index in [4.69, 9.17) is 16.7 Å². The van der Waals surface area contributed by atoms with Crippen molar-refractivity contribution in [3.05, 3.63) is 28.8 Å². The Morgan fingerprint density at radius 2 is 2.05 bits per heavy atom. The molecular weight excluding hydrogens is 280 g/mol. The molecule has 1 atom stereocenters. The lowest BCUT2D eigenvalue weighted by molar-refractivity contribution is -0.136. The largest absolute Gasteiger partial charge is 0.396 e. The molecule has 0 aromatic heterocycles. The third-order valence-corrected chi connectivity index (χ3v) is 3.44. The van der Waals surface area contributed by atoms with Crippen LogP contribution in [0.5, 0.6) is 0 Å². The van der Waals surface area contributed by atoms with Gasteiger partial charge in [0.1, 0.15) is 0 Å². The van der Waals surface area contributed by atoms with Gasteiger partial charge in [-0.3, -0.25) is 9.59 Å². The normalized spacial score (nSPS) is 11.8. The third kappa shape index (κ3) is 4.51. The van der Waals surface area contributed by atoms with E-state index in [1.165, 1.54) is 0 Å². The number of aliphatic hydroxyl groups excluding tert-OH is 1. The van der Waals surface area contributed by atoms with E-state index >= 15 is 0 Å². The van der Waals surface area contributed by atoms with Crippen LogP contribution in [0.1, 0.15) is 25.3 Å². The molecule has 0 aliphatic carbocycles. The highest BCUT2D eigenvalue weighted by Gasteiger charge is 2.18. The number of hydrogen-bond acceptors (Lipinski definition) is 3. The van der Waals surface area contributed by atoms with Gasteiger partial charge in [0.05, 0.1) is 0 Å². The maximum atomic E-state index is 11.8. The van der Waals surface area contributed by atoms with Gasteiger partial charge in [0.25, 0.3) is 0 Å². The summed E-state index contributed by atoms with van der Waals surface area (Å²) in [6, 6.07) is 4.88. The van der Waals surface area contributed by atoms with Crippen LogP contribution >= 0.6 is 11.6 Å². The van der Waals surface area contributed by atoms with E-state index < -0.39 is 11.8 Å². The van der Waals surface area contributed by atoms with Gasteiger partial charge in [-0.1, -0.05) is 24.6 Å². The first-order valence-corrected chi connectivity index (χ1v) is 6.85. The van der Waals surface area contributed by atoms with Gasteiger partial charge in [0.2, 0.25) is 0 Å². The second-order valence-electron chi connectivity index (χ2n) is 4.46. The smallest absolute Gasteiger partial charge is 0.313 e. The second-order valence-corrected chi connectivity index (χ2v) is 4.86. The molecule has 0 saturated carbocycles. The Kier molecular flexibility index (Phi) is 6.48. The zero-order valence-corrected chi connectivity index (χ0v) is 12.3. The van der Waals surface area contributed by atoms with Crippen molar-refractivity contribution in [2.75, 3.05) is 11.9 Å². The number of carbonyl (C=O) groups excluding carboxylic acids is 2. The summed E-state index contributed by atoms with van der Waals surface area (Å²) >= 11 is 5.95. The molecule has 20 heavy (non-hydrogen) atoms. The fourth-order valence-corrected chi connectivity index (χ4v) is 1.88. The van der Waals surface area contributed by atoms with Crippen LogP contribution in [0.25, 0.3) is 0 Å². The van der Waals surface area contributed by atoms with Gasteiger partial charge < -0.3 is 15.7 Å². The Balaban J connectivity index is 2.66. The number of benzene rings is 1. The summed E-state index contributed by atoms with van der Waals surface area (Å²) in [4.78, 5) is 23.6. The topological polar surface area (TPSA) is 78.4 Å². The fraction of sp³-hybridized carbons (Fsp3) is 0.429. The first-order valence-electron chi connectivity index (χ1n) is 6.47. The minimum absolute atomic E-state index is 0.0339. The Labute approximate surface area is 123 Å². The van der Waals surface area contributed by atoms with Crippen molar-refractivity contribution in [2.45, 2.75) is 32.7 Å². The number of hydrogen-bond donors (Lipinski definition) is 3. The quantitative estimate of drug-likeness (QED) is 0.726. The highest BCUT2D eigenvalue weighted by Crippen LogP contribution is 2.22. The average molecular weight is 299 g/mol. The summed E-state index contributed by atoms with van der Waals surface area (Å²) in [5.74, 6) is -1.46. The van der Waals surface area contributed by atoms with E-state index in [1.54, 1.807) is 25.1 Å². The maximum absolute atomic E-state index is 11.8. The number of aliphatic hydroxyl groups is 1. The van der Waals surface area contributed by atoms with Gasteiger partial charge in [-0.2, -0.15) is 0 Å². The minimum Gasteiger partial charge on any atom is -0.396 e. The zero-order chi connectivity index (χ0) is 15.1. The van der Waals surface area contributed by atoms with Crippen LogP contribution < -0.4 is 10.6 Å². The molecule has 0 radical (unpaired) electrons. The van der Waals surface area contributed by atoms with Crippen molar-refractivity contribution in [3.63, 3.8) is 0 Å². The number of nitrogens with one attached hydrogen (secondary N) is 2. The van der Waals surface area contributed by atoms with Crippen molar-refractivity contribution < 1.29 is 14.7 Å². The van der Waals surface area contributed by atoms with Gasteiger partial charge in [0.15, 0.2) is 0 Å². The number of carbonyl (C=O) groups is 2. The molecular formula is C14H19ClN2O3. The van der Waals surface area contributed by atoms with E-state index in [9.17, 15) is 9.59 Å².